The molecule has 2 N–H and O–H groups in total. The van der Waals surface area contributed by atoms with Crippen molar-refractivity contribution in [2.45, 2.75) is 12.8 Å². The van der Waals surface area contributed by atoms with E-state index in [2.05, 4.69) is 26.6 Å². The van der Waals surface area contributed by atoms with E-state index in [0.717, 1.165) is 23.0 Å². The second-order valence-electron chi connectivity index (χ2n) is 5.27. The molecule has 0 saturated heterocycles. The summed E-state index contributed by atoms with van der Waals surface area (Å²) in [6.07, 6.45) is 1.96. The molecule has 4 nitrogen and oxygen atoms in total. The van der Waals surface area contributed by atoms with Gasteiger partial charge in [0.1, 0.15) is 0 Å². The first-order chi connectivity index (χ1) is 10.6. The molecule has 0 heterocycles. The van der Waals surface area contributed by atoms with Gasteiger partial charge in [-0.1, -0.05) is 12.1 Å². The van der Waals surface area contributed by atoms with E-state index in [-0.39, 0.29) is 17.7 Å². The summed E-state index contributed by atoms with van der Waals surface area (Å²) in [5.74, 6) is 0.0713. The van der Waals surface area contributed by atoms with Crippen LogP contribution in [0.15, 0.2) is 53.0 Å². The molecule has 22 heavy (non-hydrogen) atoms. The smallest absolute Gasteiger partial charge is 0.256 e. The van der Waals surface area contributed by atoms with Gasteiger partial charge in [-0.15, -0.1) is 0 Å². The monoisotopic (exact) mass is 358 g/mol. The van der Waals surface area contributed by atoms with Gasteiger partial charge in [0.15, 0.2) is 0 Å². The lowest BCUT2D eigenvalue weighted by atomic mass is 10.2. The molecular weight excluding hydrogens is 344 g/mol. The van der Waals surface area contributed by atoms with Gasteiger partial charge in [0, 0.05) is 21.8 Å². The third-order valence-corrected chi connectivity index (χ3v) is 4.17. The van der Waals surface area contributed by atoms with Crippen molar-refractivity contribution < 1.29 is 9.59 Å². The Morgan fingerprint density at radius 1 is 0.909 bits per heavy atom. The van der Waals surface area contributed by atoms with Crippen LogP contribution in [0.5, 0.6) is 0 Å². The summed E-state index contributed by atoms with van der Waals surface area (Å²) >= 11 is 3.36. The quantitative estimate of drug-likeness (QED) is 0.865. The minimum Gasteiger partial charge on any atom is -0.326 e. The van der Waals surface area contributed by atoms with Gasteiger partial charge in [0.2, 0.25) is 5.91 Å². The average molecular weight is 359 g/mol. The minimum atomic E-state index is -0.178. The topological polar surface area (TPSA) is 58.2 Å². The molecule has 112 valence electrons. The minimum absolute atomic E-state index is 0.0741. The lowest BCUT2D eigenvalue weighted by molar-refractivity contribution is -0.117. The van der Waals surface area contributed by atoms with Gasteiger partial charge in [-0.05, 0) is 65.2 Å². The fraction of sp³-hybridized carbons (Fsp3) is 0.176. The molecule has 3 rings (SSSR count). The van der Waals surface area contributed by atoms with Crippen LogP contribution in [0.25, 0.3) is 0 Å². The average Bonchev–Trinajstić information content (AvgIpc) is 3.34. The number of anilines is 2. The van der Waals surface area contributed by atoms with Crippen LogP contribution in [-0.4, -0.2) is 11.8 Å². The van der Waals surface area contributed by atoms with Crippen LogP contribution >= 0.6 is 15.9 Å². The van der Waals surface area contributed by atoms with Crippen LogP contribution < -0.4 is 10.6 Å². The normalized spacial score (nSPS) is 13.5. The molecule has 2 amide bonds. The standard InChI is InChI=1S/C17H15BrN2O2/c18-15-4-2-1-3-14(15)17(22)20-13-9-7-12(8-10-13)19-16(21)11-5-6-11/h1-4,7-11H,5-6H2,(H,19,21)(H,20,22). The molecule has 0 radical (unpaired) electrons. The lowest BCUT2D eigenvalue weighted by Crippen LogP contribution is -2.14. The zero-order valence-corrected chi connectivity index (χ0v) is 13.4. The zero-order valence-electron chi connectivity index (χ0n) is 11.8. The highest BCUT2D eigenvalue weighted by molar-refractivity contribution is 9.10. The molecule has 1 fully saturated rings. The van der Waals surface area contributed by atoms with E-state index in [1.807, 2.05) is 18.2 Å². The number of carbonyl (C=O) groups excluding carboxylic acids is 2. The Kier molecular flexibility index (Phi) is 4.24. The van der Waals surface area contributed by atoms with Crippen LogP contribution in [0, 0.1) is 5.92 Å². The van der Waals surface area contributed by atoms with Gasteiger partial charge in [-0.2, -0.15) is 0 Å². The van der Waals surface area contributed by atoms with Crippen molar-refractivity contribution in [1.82, 2.24) is 0 Å². The number of amides is 2. The summed E-state index contributed by atoms with van der Waals surface area (Å²) in [4.78, 5) is 23.9. The molecule has 0 aliphatic heterocycles. The Labute approximate surface area is 137 Å². The maximum atomic E-state index is 12.2. The van der Waals surface area contributed by atoms with Crippen molar-refractivity contribution in [3.8, 4) is 0 Å². The Balaban J connectivity index is 1.64. The van der Waals surface area contributed by atoms with E-state index in [1.54, 1.807) is 30.3 Å². The molecule has 0 unspecified atom stereocenters. The predicted molar refractivity (Wildman–Crippen MR) is 89.9 cm³/mol. The Bertz CT molecular complexity index is 709. The lowest BCUT2D eigenvalue weighted by Gasteiger charge is -2.08. The van der Waals surface area contributed by atoms with E-state index in [0.29, 0.717) is 11.3 Å². The van der Waals surface area contributed by atoms with E-state index in [4.69, 9.17) is 0 Å². The summed E-state index contributed by atoms with van der Waals surface area (Å²) in [7, 11) is 0. The number of rotatable bonds is 4. The van der Waals surface area contributed by atoms with E-state index in [9.17, 15) is 9.59 Å². The van der Waals surface area contributed by atoms with Crippen LogP contribution in [0.1, 0.15) is 23.2 Å². The van der Waals surface area contributed by atoms with Crippen molar-refractivity contribution in [1.29, 1.82) is 0 Å². The molecule has 0 bridgehead atoms. The highest BCUT2D eigenvalue weighted by Crippen LogP contribution is 2.30. The maximum Gasteiger partial charge on any atom is 0.256 e. The molecule has 0 spiro atoms. The summed E-state index contributed by atoms with van der Waals surface area (Å²) in [5, 5.41) is 5.70. The first-order valence-corrected chi connectivity index (χ1v) is 7.89. The first-order valence-electron chi connectivity index (χ1n) is 7.10. The summed E-state index contributed by atoms with van der Waals surface area (Å²) < 4.78 is 0.751. The van der Waals surface area contributed by atoms with Gasteiger partial charge in [0.25, 0.3) is 5.91 Å². The molecule has 5 heteroatoms. The van der Waals surface area contributed by atoms with Gasteiger partial charge in [-0.25, -0.2) is 0 Å². The van der Waals surface area contributed by atoms with Crippen molar-refractivity contribution in [3.63, 3.8) is 0 Å². The fourth-order valence-electron chi connectivity index (χ4n) is 2.07. The highest BCUT2D eigenvalue weighted by Gasteiger charge is 2.29. The van der Waals surface area contributed by atoms with Crippen molar-refractivity contribution in [2.75, 3.05) is 10.6 Å². The molecule has 0 aromatic heterocycles. The maximum absolute atomic E-state index is 12.2. The Morgan fingerprint density at radius 2 is 1.50 bits per heavy atom. The largest absolute Gasteiger partial charge is 0.326 e. The molecule has 2 aromatic rings. The van der Waals surface area contributed by atoms with Gasteiger partial charge < -0.3 is 10.6 Å². The van der Waals surface area contributed by atoms with E-state index in [1.165, 1.54) is 0 Å². The second-order valence-corrected chi connectivity index (χ2v) is 6.13. The van der Waals surface area contributed by atoms with Crippen LogP contribution in [0.3, 0.4) is 0 Å². The van der Waals surface area contributed by atoms with E-state index >= 15 is 0 Å². The summed E-state index contributed by atoms with van der Waals surface area (Å²) in [6.45, 7) is 0. The molecule has 0 atom stereocenters. The third kappa shape index (κ3) is 3.54. The van der Waals surface area contributed by atoms with E-state index < -0.39 is 0 Å². The molecule has 1 aliphatic carbocycles. The van der Waals surface area contributed by atoms with Crippen molar-refractivity contribution in [2.24, 2.45) is 5.92 Å². The molecule has 1 aliphatic rings. The van der Waals surface area contributed by atoms with Crippen LogP contribution in [0.4, 0.5) is 11.4 Å². The number of nitrogens with one attached hydrogen (secondary N) is 2. The number of hydrogen-bond acceptors (Lipinski definition) is 2. The van der Waals surface area contributed by atoms with Gasteiger partial charge in [-0.3, -0.25) is 9.59 Å². The van der Waals surface area contributed by atoms with Gasteiger partial charge in [0.05, 0.1) is 5.56 Å². The number of carbonyl (C=O) groups is 2. The Morgan fingerprint density at radius 3 is 2.09 bits per heavy atom. The number of halogens is 1. The molecule has 2 aromatic carbocycles. The van der Waals surface area contributed by atoms with Gasteiger partial charge >= 0.3 is 0 Å². The Hall–Kier alpha value is -2.14. The predicted octanol–water partition coefficient (Wildman–Crippen LogP) is 4.05. The fourth-order valence-corrected chi connectivity index (χ4v) is 2.54. The third-order valence-electron chi connectivity index (χ3n) is 3.48. The van der Waals surface area contributed by atoms with Crippen LogP contribution in [-0.2, 0) is 4.79 Å². The SMILES string of the molecule is O=C(Nc1ccc(NC(=O)C2CC2)cc1)c1ccccc1Br. The summed E-state index contributed by atoms with van der Waals surface area (Å²) in [6, 6.07) is 14.4. The van der Waals surface area contributed by atoms with Crippen LogP contribution in [0.2, 0.25) is 0 Å². The number of hydrogen-bond donors (Lipinski definition) is 2. The highest BCUT2D eigenvalue weighted by atomic mass is 79.9. The number of benzene rings is 2. The molecule has 1 saturated carbocycles. The summed E-state index contributed by atoms with van der Waals surface area (Å²) in [5.41, 5.74) is 2.01. The second kappa shape index (κ2) is 6.32. The van der Waals surface area contributed by atoms with Crippen molar-refractivity contribution in [3.05, 3.63) is 58.6 Å². The zero-order chi connectivity index (χ0) is 15.5. The van der Waals surface area contributed by atoms with Crippen molar-refractivity contribution >= 4 is 39.1 Å². The first kappa shape index (κ1) is 14.8. The molecular formula is C17H15BrN2O2.